The van der Waals surface area contributed by atoms with E-state index < -0.39 is 0 Å². The van der Waals surface area contributed by atoms with Gasteiger partial charge in [0, 0.05) is 6.04 Å². The Morgan fingerprint density at radius 3 is 2.65 bits per heavy atom. The summed E-state index contributed by atoms with van der Waals surface area (Å²) < 4.78 is 0. The fourth-order valence-corrected chi connectivity index (χ4v) is 3.20. The molecule has 0 saturated heterocycles. The van der Waals surface area contributed by atoms with Crippen LogP contribution in [0.2, 0.25) is 0 Å². The maximum atomic E-state index is 3.74. The molecular formula is C19H31N. The van der Waals surface area contributed by atoms with E-state index in [0.717, 1.165) is 12.5 Å². The van der Waals surface area contributed by atoms with Crippen LogP contribution in [0.25, 0.3) is 0 Å². The number of fused-ring (bicyclic) bond motifs is 1. The maximum absolute atomic E-state index is 3.74. The monoisotopic (exact) mass is 273 g/mol. The molecule has 0 heterocycles. The van der Waals surface area contributed by atoms with Crippen molar-refractivity contribution in [2.75, 3.05) is 6.54 Å². The molecule has 0 aliphatic heterocycles. The number of hydrogen-bond acceptors (Lipinski definition) is 1. The number of nitrogens with one attached hydrogen (secondary N) is 1. The average Bonchev–Trinajstić information content (AvgIpc) is 2.89. The molecule has 1 aromatic carbocycles. The smallest absolute Gasteiger partial charge is 0.0108 e. The van der Waals surface area contributed by atoms with Crippen molar-refractivity contribution in [2.24, 2.45) is 5.92 Å². The van der Waals surface area contributed by atoms with Crippen LogP contribution < -0.4 is 5.32 Å². The van der Waals surface area contributed by atoms with Gasteiger partial charge in [-0.1, -0.05) is 39.0 Å². The molecule has 0 spiro atoms. The van der Waals surface area contributed by atoms with E-state index in [1.54, 1.807) is 11.1 Å². The van der Waals surface area contributed by atoms with Crippen LogP contribution in [0.1, 0.15) is 63.1 Å². The van der Waals surface area contributed by atoms with Crippen LogP contribution in [-0.2, 0) is 19.3 Å². The molecule has 0 radical (unpaired) electrons. The Labute approximate surface area is 125 Å². The van der Waals surface area contributed by atoms with Gasteiger partial charge >= 0.3 is 0 Å². The largest absolute Gasteiger partial charge is 0.314 e. The van der Waals surface area contributed by atoms with Crippen LogP contribution in [0.15, 0.2) is 18.2 Å². The topological polar surface area (TPSA) is 12.0 Å². The summed E-state index contributed by atoms with van der Waals surface area (Å²) in [6.45, 7) is 8.05. The molecule has 1 unspecified atom stereocenters. The molecule has 20 heavy (non-hydrogen) atoms. The number of benzene rings is 1. The van der Waals surface area contributed by atoms with Gasteiger partial charge in [0.25, 0.3) is 0 Å². The lowest BCUT2D eigenvalue weighted by Crippen LogP contribution is -2.32. The Morgan fingerprint density at radius 1 is 1.10 bits per heavy atom. The first kappa shape index (κ1) is 15.6. The van der Waals surface area contributed by atoms with Crippen molar-refractivity contribution < 1.29 is 0 Å². The minimum atomic E-state index is 0.650. The molecule has 0 fully saturated rings. The van der Waals surface area contributed by atoms with Crippen molar-refractivity contribution in [1.82, 2.24) is 5.32 Å². The van der Waals surface area contributed by atoms with Gasteiger partial charge in [-0.25, -0.2) is 0 Å². The second kappa shape index (κ2) is 7.83. The number of aryl methyl sites for hydroxylation is 2. The Hall–Kier alpha value is -0.820. The zero-order valence-corrected chi connectivity index (χ0v) is 13.5. The van der Waals surface area contributed by atoms with E-state index >= 15 is 0 Å². The van der Waals surface area contributed by atoms with Crippen molar-refractivity contribution in [3.8, 4) is 0 Å². The average molecular weight is 273 g/mol. The summed E-state index contributed by atoms with van der Waals surface area (Å²) in [5, 5.41) is 3.74. The van der Waals surface area contributed by atoms with Gasteiger partial charge in [-0.05, 0) is 74.1 Å². The summed E-state index contributed by atoms with van der Waals surface area (Å²) in [5.74, 6) is 0.806. The van der Waals surface area contributed by atoms with Crippen molar-refractivity contribution in [1.29, 1.82) is 0 Å². The van der Waals surface area contributed by atoms with Crippen LogP contribution in [0, 0.1) is 5.92 Å². The summed E-state index contributed by atoms with van der Waals surface area (Å²) >= 11 is 0. The van der Waals surface area contributed by atoms with Crippen LogP contribution >= 0.6 is 0 Å². The Bertz CT molecular complexity index is 408. The van der Waals surface area contributed by atoms with Crippen LogP contribution in [-0.4, -0.2) is 12.6 Å². The van der Waals surface area contributed by atoms with Gasteiger partial charge in [0.05, 0.1) is 0 Å². The minimum absolute atomic E-state index is 0.650. The molecule has 2 rings (SSSR count). The van der Waals surface area contributed by atoms with Gasteiger partial charge in [-0.15, -0.1) is 0 Å². The molecule has 1 N–H and O–H groups in total. The van der Waals surface area contributed by atoms with E-state index in [9.17, 15) is 0 Å². The van der Waals surface area contributed by atoms with Crippen LogP contribution in [0.5, 0.6) is 0 Å². The quantitative estimate of drug-likeness (QED) is 0.734. The summed E-state index contributed by atoms with van der Waals surface area (Å²) in [7, 11) is 0. The molecule has 1 aliphatic rings. The second-order valence-corrected chi connectivity index (χ2v) is 6.78. The summed E-state index contributed by atoms with van der Waals surface area (Å²) in [6.07, 6.45) is 8.98. The first-order valence-electron chi connectivity index (χ1n) is 8.53. The number of rotatable bonds is 8. The standard InChI is InChI=1S/C19H31N/c1-4-12-20-19(11-8-15(2)3)14-16-9-10-17-6-5-7-18(17)13-16/h9-10,13,15,19-20H,4-8,11-12,14H2,1-3H3. The molecule has 1 heteroatoms. The third-order valence-corrected chi connectivity index (χ3v) is 4.42. The zero-order valence-electron chi connectivity index (χ0n) is 13.5. The lowest BCUT2D eigenvalue weighted by atomic mass is 9.96. The molecule has 0 bridgehead atoms. The van der Waals surface area contributed by atoms with E-state index in [0.29, 0.717) is 6.04 Å². The van der Waals surface area contributed by atoms with Crippen LogP contribution in [0.3, 0.4) is 0 Å². The van der Waals surface area contributed by atoms with Crippen molar-refractivity contribution in [3.05, 3.63) is 34.9 Å². The van der Waals surface area contributed by atoms with E-state index in [2.05, 4.69) is 44.3 Å². The Morgan fingerprint density at radius 2 is 1.90 bits per heavy atom. The minimum Gasteiger partial charge on any atom is -0.314 e. The van der Waals surface area contributed by atoms with Gasteiger partial charge < -0.3 is 5.32 Å². The van der Waals surface area contributed by atoms with Gasteiger partial charge in [-0.3, -0.25) is 0 Å². The van der Waals surface area contributed by atoms with E-state index in [1.807, 2.05) is 0 Å². The Kier molecular flexibility index (Phi) is 6.09. The third-order valence-electron chi connectivity index (χ3n) is 4.42. The molecule has 0 saturated carbocycles. The van der Waals surface area contributed by atoms with Crippen molar-refractivity contribution in [3.63, 3.8) is 0 Å². The van der Waals surface area contributed by atoms with Gasteiger partial charge in [0.2, 0.25) is 0 Å². The highest BCUT2D eigenvalue weighted by atomic mass is 14.9. The molecular weight excluding hydrogens is 242 g/mol. The molecule has 1 aliphatic carbocycles. The summed E-state index contributed by atoms with van der Waals surface area (Å²) in [5.41, 5.74) is 4.73. The molecule has 0 aromatic heterocycles. The lowest BCUT2D eigenvalue weighted by Gasteiger charge is -2.20. The lowest BCUT2D eigenvalue weighted by molar-refractivity contribution is 0.427. The Balaban J connectivity index is 1.95. The first-order valence-corrected chi connectivity index (χ1v) is 8.53. The predicted molar refractivity (Wildman–Crippen MR) is 88.3 cm³/mol. The van der Waals surface area contributed by atoms with Crippen molar-refractivity contribution in [2.45, 2.75) is 71.8 Å². The van der Waals surface area contributed by atoms with Gasteiger partial charge in [-0.2, -0.15) is 0 Å². The molecule has 1 nitrogen and oxygen atoms in total. The fraction of sp³-hybridized carbons (Fsp3) is 0.684. The SMILES string of the molecule is CCCNC(CCC(C)C)Cc1ccc2c(c1)CCC2. The highest BCUT2D eigenvalue weighted by Crippen LogP contribution is 2.23. The number of hydrogen-bond donors (Lipinski definition) is 1. The molecule has 1 aromatic rings. The summed E-state index contributed by atoms with van der Waals surface area (Å²) in [4.78, 5) is 0. The maximum Gasteiger partial charge on any atom is 0.0108 e. The molecule has 0 amide bonds. The van der Waals surface area contributed by atoms with E-state index in [-0.39, 0.29) is 0 Å². The third kappa shape index (κ3) is 4.63. The summed E-state index contributed by atoms with van der Waals surface area (Å²) in [6, 6.07) is 7.85. The van der Waals surface area contributed by atoms with Gasteiger partial charge in [0.15, 0.2) is 0 Å². The first-order chi connectivity index (χ1) is 9.69. The fourth-order valence-electron chi connectivity index (χ4n) is 3.20. The zero-order chi connectivity index (χ0) is 14.4. The van der Waals surface area contributed by atoms with Crippen LogP contribution in [0.4, 0.5) is 0 Å². The van der Waals surface area contributed by atoms with E-state index in [4.69, 9.17) is 0 Å². The molecule has 112 valence electrons. The molecule has 1 atom stereocenters. The van der Waals surface area contributed by atoms with E-state index in [1.165, 1.54) is 50.5 Å². The highest BCUT2D eigenvalue weighted by molar-refractivity contribution is 5.35. The second-order valence-electron chi connectivity index (χ2n) is 6.78. The van der Waals surface area contributed by atoms with Gasteiger partial charge in [0.1, 0.15) is 0 Å². The predicted octanol–water partition coefficient (Wildman–Crippen LogP) is 4.52. The van der Waals surface area contributed by atoms with Crippen molar-refractivity contribution >= 4 is 0 Å². The highest BCUT2D eigenvalue weighted by Gasteiger charge is 2.14. The normalized spacial score (nSPS) is 15.6.